The van der Waals surface area contributed by atoms with Crippen molar-refractivity contribution in [3.63, 3.8) is 0 Å². The van der Waals surface area contributed by atoms with Crippen LogP contribution in [0.3, 0.4) is 0 Å². The molecule has 0 spiro atoms. The highest BCUT2D eigenvalue weighted by atomic mass is 32.2. The van der Waals surface area contributed by atoms with Gasteiger partial charge in [0.1, 0.15) is 0 Å². The third-order valence-electron chi connectivity index (χ3n) is 17.2. The summed E-state index contributed by atoms with van der Waals surface area (Å²) in [7, 11) is -9.27. The van der Waals surface area contributed by atoms with E-state index in [1.807, 2.05) is 6.07 Å². The number of aliphatic hydroxyl groups excluding tert-OH is 1. The topological polar surface area (TPSA) is 91.3 Å². The van der Waals surface area contributed by atoms with Gasteiger partial charge in [-0.15, -0.1) is 0 Å². The maximum atomic E-state index is 15.5. The average Bonchev–Trinajstić information content (AvgIpc) is 3.68. The number of hydrogen-bond acceptors (Lipinski definition) is 7. The lowest BCUT2D eigenvalue weighted by Crippen LogP contribution is -2.63. The molecule has 1 aliphatic heterocycles. The fraction of sp³-hybridized carbons (Fsp3) is 0.755. The average molecular weight is 869 g/mol. The lowest BCUT2D eigenvalue weighted by molar-refractivity contribution is -0.195. The molecule has 332 valence electrons. The molecular formula is C49H80O7SSi2. The molecule has 59 heavy (non-hydrogen) atoms. The zero-order valence-corrected chi connectivity index (χ0v) is 41.9. The summed E-state index contributed by atoms with van der Waals surface area (Å²) in [4.78, 5) is -1.36. The summed E-state index contributed by atoms with van der Waals surface area (Å²) in [5.74, 6) is 0.546. The molecule has 7 nitrogen and oxygen atoms in total. The van der Waals surface area contributed by atoms with Crippen LogP contribution in [0, 0.1) is 28.6 Å². The van der Waals surface area contributed by atoms with Crippen molar-refractivity contribution in [1.29, 1.82) is 0 Å². The molecule has 1 heterocycles. The Bertz CT molecular complexity index is 1860. The van der Waals surface area contributed by atoms with E-state index in [1.165, 1.54) is 5.57 Å². The Labute approximate surface area is 361 Å². The van der Waals surface area contributed by atoms with E-state index in [9.17, 15) is 5.11 Å². The molecule has 7 atom stereocenters. The van der Waals surface area contributed by atoms with E-state index < -0.39 is 43.3 Å². The molecule has 3 unspecified atom stereocenters. The maximum absolute atomic E-state index is 15.5. The van der Waals surface area contributed by atoms with E-state index in [0.717, 1.165) is 68.9 Å². The number of allylic oxidation sites excluding steroid dienone is 3. The van der Waals surface area contributed by atoms with Crippen LogP contribution >= 0.6 is 0 Å². The predicted molar refractivity (Wildman–Crippen MR) is 246 cm³/mol. The van der Waals surface area contributed by atoms with E-state index in [0.29, 0.717) is 31.5 Å². The van der Waals surface area contributed by atoms with Gasteiger partial charge in [-0.3, -0.25) is 0 Å². The van der Waals surface area contributed by atoms with Crippen LogP contribution in [0.25, 0.3) is 0 Å². The molecule has 1 aromatic carbocycles. The Balaban J connectivity index is 1.32. The van der Waals surface area contributed by atoms with Gasteiger partial charge in [-0.05, 0) is 147 Å². The molecule has 1 aromatic rings. The molecule has 0 aromatic heterocycles. The van der Waals surface area contributed by atoms with Crippen LogP contribution in [0.15, 0.2) is 70.7 Å². The Morgan fingerprint density at radius 1 is 0.932 bits per heavy atom. The molecule has 1 saturated heterocycles. The molecule has 4 saturated carbocycles. The van der Waals surface area contributed by atoms with Gasteiger partial charge in [0.05, 0.1) is 30.3 Å². The molecule has 6 rings (SSSR count). The van der Waals surface area contributed by atoms with E-state index in [2.05, 4.69) is 107 Å². The fourth-order valence-electron chi connectivity index (χ4n) is 10.9. The van der Waals surface area contributed by atoms with Gasteiger partial charge in [-0.1, -0.05) is 97.9 Å². The van der Waals surface area contributed by atoms with Crippen LogP contribution in [0.1, 0.15) is 133 Å². The first kappa shape index (κ1) is 47.1. The maximum Gasteiger partial charge on any atom is 0.210 e. The van der Waals surface area contributed by atoms with Crippen molar-refractivity contribution in [3.8, 4) is 0 Å². The number of fused-ring (bicyclic) bond motifs is 1. The third-order valence-corrected chi connectivity index (χ3v) is 28.6. The zero-order chi connectivity index (χ0) is 43.7. The molecular weight excluding hydrogens is 789 g/mol. The summed E-state index contributed by atoms with van der Waals surface area (Å²) in [6, 6.07) is 8.90. The number of aliphatic hydroxyl groups is 1. The third kappa shape index (κ3) is 8.67. The van der Waals surface area contributed by atoms with Gasteiger partial charge in [0.2, 0.25) is 9.84 Å². The van der Waals surface area contributed by atoms with E-state index in [1.54, 1.807) is 24.3 Å². The van der Waals surface area contributed by atoms with Gasteiger partial charge >= 0.3 is 0 Å². The number of rotatable bonds is 13. The Morgan fingerprint density at radius 3 is 2.12 bits per heavy atom. The quantitative estimate of drug-likeness (QED) is 0.197. The predicted octanol–water partition coefficient (Wildman–Crippen LogP) is 12.3. The van der Waals surface area contributed by atoms with E-state index in [4.69, 9.17) is 18.3 Å². The van der Waals surface area contributed by atoms with Crippen LogP contribution in [-0.4, -0.2) is 66.3 Å². The van der Waals surface area contributed by atoms with Crippen molar-refractivity contribution >= 4 is 26.5 Å². The number of ether oxygens (including phenoxy) is 2. The van der Waals surface area contributed by atoms with E-state index >= 15 is 8.42 Å². The molecule has 1 N–H and O–H groups in total. The summed E-state index contributed by atoms with van der Waals surface area (Å²) >= 11 is 0. The molecule has 0 bridgehead atoms. The SMILES string of the molecule is C=C1CC(O[Si](C)(C)C(C)(C)C)C(O[Si](C)(C)C(C)(C)C)(S(=O)(=O)c2ccccc2)CC1=CC=C1CCC[C@]2(C)[C@@H]([C@H](C)C(O)CCC3(C4(C)OCCO4)CC3)CC[C@@H]12. The Kier molecular flexibility index (Phi) is 13.0. The van der Waals surface area contributed by atoms with Gasteiger partial charge in [0, 0.05) is 18.3 Å². The minimum Gasteiger partial charge on any atom is -0.410 e. The van der Waals surface area contributed by atoms with Crippen molar-refractivity contribution in [1.82, 2.24) is 0 Å². The van der Waals surface area contributed by atoms with Crippen molar-refractivity contribution < 1.29 is 31.9 Å². The number of sulfone groups is 1. The number of hydrogen-bond donors (Lipinski definition) is 1. The number of benzene rings is 1. The second-order valence-corrected chi connectivity index (χ2v) is 34.4. The minimum atomic E-state index is -4.08. The lowest BCUT2D eigenvalue weighted by atomic mass is 9.60. The van der Waals surface area contributed by atoms with Crippen molar-refractivity contribution in [2.24, 2.45) is 28.6 Å². The van der Waals surface area contributed by atoms with Gasteiger partial charge in [0.15, 0.2) is 27.4 Å². The summed E-state index contributed by atoms with van der Waals surface area (Å²) in [6.45, 7) is 34.7. The molecule has 0 radical (unpaired) electrons. The highest BCUT2D eigenvalue weighted by Gasteiger charge is 2.62. The minimum absolute atomic E-state index is 0.0360. The summed E-state index contributed by atoms with van der Waals surface area (Å²) < 4.78 is 57.8. The first-order valence-electron chi connectivity index (χ1n) is 22.9. The van der Waals surface area contributed by atoms with Crippen molar-refractivity contribution in [2.75, 3.05) is 13.2 Å². The van der Waals surface area contributed by atoms with Crippen molar-refractivity contribution in [2.45, 2.75) is 197 Å². The monoisotopic (exact) mass is 869 g/mol. The van der Waals surface area contributed by atoms with Gasteiger partial charge < -0.3 is 23.4 Å². The van der Waals surface area contributed by atoms with E-state index in [-0.39, 0.29) is 44.2 Å². The summed E-state index contributed by atoms with van der Waals surface area (Å²) in [5.41, 5.74) is 3.45. The standard InChI is InChI=1S/C49H80O7SSi2/c1-35-33-43(55-58(11,12)44(3,4)5)49(56-59(13,14)45(6,7)8,57(51,52)39-20-16-15-17-21-39)34-38(35)23-22-37-19-18-27-46(9)40(24-25-41(37)46)36(2)42(50)26-28-48(29-30-48)47(10)53-31-32-54-47/h15-17,20-23,36,40-43,50H,1,18-19,24-34H2,2-14H3/t36-,40+,41-,42?,43?,46+,49?/m0/s1. The Hall–Kier alpha value is -1.38. The Morgan fingerprint density at radius 2 is 1.54 bits per heavy atom. The summed E-state index contributed by atoms with van der Waals surface area (Å²) in [5, 5.41) is 11.4. The lowest BCUT2D eigenvalue weighted by Gasteiger charge is -2.53. The highest BCUT2D eigenvalue weighted by Crippen LogP contribution is 2.63. The second kappa shape index (κ2) is 16.3. The van der Waals surface area contributed by atoms with Crippen LogP contribution in [0.2, 0.25) is 36.3 Å². The van der Waals surface area contributed by atoms with Crippen LogP contribution < -0.4 is 0 Å². The largest absolute Gasteiger partial charge is 0.410 e. The van der Waals surface area contributed by atoms with Gasteiger partial charge in [0.25, 0.3) is 0 Å². The van der Waals surface area contributed by atoms with Crippen molar-refractivity contribution in [3.05, 3.63) is 65.8 Å². The molecule has 5 fully saturated rings. The molecule has 10 heteroatoms. The van der Waals surface area contributed by atoms with Crippen LogP contribution in [0.4, 0.5) is 0 Å². The summed E-state index contributed by atoms with van der Waals surface area (Å²) in [6.07, 6.45) is 13.5. The fourth-order valence-corrected chi connectivity index (χ4v) is 16.5. The molecule has 4 aliphatic carbocycles. The first-order valence-corrected chi connectivity index (χ1v) is 30.2. The highest BCUT2D eigenvalue weighted by molar-refractivity contribution is 7.92. The van der Waals surface area contributed by atoms with Crippen LogP contribution in [0.5, 0.6) is 0 Å². The van der Waals surface area contributed by atoms with Crippen LogP contribution in [-0.2, 0) is 28.2 Å². The van der Waals surface area contributed by atoms with Gasteiger partial charge in [-0.2, -0.15) is 0 Å². The molecule has 5 aliphatic rings. The second-order valence-electron chi connectivity index (χ2n) is 22.8. The first-order chi connectivity index (χ1) is 27.2. The zero-order valence-electron chi connectivity index (χ0n) is 39.1. The smallest absolute Gasteiger partial charge is 0.210 e. The normalized spacial score (nSPS) is 32.6. The molecule has 0 amide bonds. The van der Waals surface area contributed by atoms with Gasteiger partial charge in [-0.25, -0.2) is 8.42 Å².